The number of methoxy groups -OCH3 is 2. The Labute approximate surface area is 149 Å². The van der Waals surface area contributed by atoms with E-state index in [1.807, 2.05) is 0 Å². The van der Waals surface area contributed by atoms with Crippen molar-refractivity contribution in [2.24, 2.45) is 5.92 Å². The number of benzene rings is 1. The molecule has 1 fully saturated rings. The fourth-order valence-electron chi connectivity index (χ4n) is 2.91. The summed E-state index contributed by atoms with van der Waals surface area (Å²) in [6.07, 6.45) is 0.156. The molecule has 1 saturated heterocycles. The maximum atomic E-state index is 12.9. The number of carbonyl (C=O) groups is 2. The van der Waals surface area contributed by atoms with Crippen LogP contribution in [0.3, 0.4) is 0 Å². The first-order valence-corrected chi connectivity index (χ1v) is 9.07. The first kappa shape index (κ1) is 19.8. The fraction of sp³-hybridized carbons (Fsp3) is 0.467. The molecule has 0 radical (unpaired) electrons. The smallest absolute Gasteiger partial charge is 0.324 e. The molecular formula is C15H18N2O8S. The number of non-ortho nitro benzene ring substituents is 1. The quantitative estimate of drug-likeness (QED) is 0.396. The Balaban J connectivity index is 2.35. The molecule has 11 heteroatoms. The summed E-state index contributed by atoms with van der Waals surface area (Å²) in [7, 11) is -1.77. The summed E-state index contributed by atoms with van der Waals surface area (Å²) < 4.78 is 36.0. The third-order valence-electron chi connectivity index (χ3n) is 4.23. The van der Waals surface area contributed by atoms with Crippen molar-refractivity contribution in [3.05, 3.63) is 34.4 Å². The lowest BCUT2D eigenvalue weighted by Gasteiger charge is -2.25. The standard InChI is InChI=1S/C15H18N2O8S/c1-24-13(18)9-10-7-8-16(14(10)15(19)25-2)26(22,23)12-5-3-11(4-6-12)17(20)21/h3-6,10,14H,7-9H2,1-2H3/t10-,14+/m1/s1. The number of nitro benzene ring substituents is 1. The van der Waals surface area contributed by atoms with E-state index in [0.717, 1.165) is 35.7 Å². The van der Waals surface area contributed by atoms with Crippen molar-refractivity contribution in [3.63, 3.8) is 0 Å². The molecule has 0 bridgehead atoms. The van der Waals surface area contributed by atoms with Gasteiger partial charge in [0.2, 0.25) is 10.0 Å². The lowest BCUT2D eigenvalue weighted by Crippen LogP contribution is -2.44. The molecule has 1 aromatic rings. The highest BCUT2D eigenvalue weighted by Crippen LogP contribution is 2.33. The van der Waals surface area contributed by atoms with Gasteiger partial charge in [-0.25, -0.2) is 8.42 Å². The molecule has 10 nitrogen and oxygen atoms in total. The van der Waals surface area contributed by atoms with Crippen LogP contribution in [0, 0.1) is 16.0 Å². The van der Waals surface area contributed by atoms with E-state index < -0.39 is 38.8 Å². The van der Waals surface area contributed by atoms with Crippen LogP contribution >= 0.6 is 0 Å². The van der Waals surface area contributed by atoms with E-state index >= 15 is 0 Å². The lowest BCUT2D eigenvalue weighted by atomic mass is 9.97. The van der Waals surface area contributed by atoms with E-state index in [-0.39, 0.29) is 30.0 Å². The molecule has 0 saturated carbocycles. The minimum Gasteiger partial charge on any atom is -0.469 e. The molecule has 0 aromatic heterocycles. The van der Waals surface area contributed by atoms with E-state index in [2.05, 4.69) is 4.74 Å². The van der Waals surface area contributed by atoms with Gasteiger partial charge in [0.1, 0.15) is 6.04 Å². The Hall–Kier alpha value is -2.53. The number of ether oxygens (including phenoxy) is 2. The molecule has 0 aliphatic carbocycles. The van der Waals surface area contributed by atoms with Crippen LogP contribution in [0.15, 0.2) is 29.2 Å². The molecule has 1 aliphatic heterocycles. The summed E-state index contributed by atoms with van der Waals surface area (Å²) in [4.78, 5) is 33.6. The second kappa shape index (κ2) is 7.79. The number of esters is 2. The number of hydrogen-bond acceptors (Lipinski definition) is 8. The molecule has 2 atom stereocenters. The summed E-state index contributed by atoms with van der Waals surface area (Å²) in [5, 5.41) is 10.7. The van der Waals surface area contributed by atoms with Gasteiger partial charge in [-0.15, -0.1) is 0 Å². The molecule has 1 aliphatic rings. The number of hydrogen-bond donors (Lipinski definition) is 0. The Kier molecular flexibility index (Phi) is 5.93. The van der Waals surface area contributed by atoms with Crippen molar-refractivity contribution in [3.8, 4) is 0 Å². The molecular weight excluding hydrogens is 368 g/mol. The van der Waals surface area contributed by atoms with E-state index in [4.69, 9.17) is 4.74 Å². The topological polar surface area (TPSA) is 133 Å². The minimum absolute atomic E-state index is 0.0146. The first-order chi connectivity index (χ1) is 12.2. The zero-order valence-electron chi connectivity index (χ0n) is 14.2. The first-order valence-electron chi connectivity index (χ1n) is 7.63. The largest absolute Gasteiger partial charge is 0.469 e. The molecule has 1 aromatic carbocycles. The van der Waals surface area contributed by atoms with Crippen molar-refractivity contribution in [2.75, 3.05) is 20.8 Å². The number of nitrogens with zero attached hydrogens (tertiary/aromatic N) is 2. The second-order valence-electron chi connectivity index (χ2n) is 5.66. The molecule has 0 unspecified atom stereocenters. The Bertz CT molecular complexity index is 805. The van der Waals surface area contributed by atoms with Gasteiger partial charge in [-0.3, -0.25) is 19.7 Å². The lowest BCUT2D eigenvalue weighted by molar-refractivity contribution is -0.384. The molecule has 26 heavy (non-hydrogen) atoms. The molecule has 1 heterocycles. The molecule has 0 spiro atoms. The highest BCUT2D eigenvalue weighted by atomic mass is 32.2. The highest BCUT2D eigenvalue weighted by molar-refractivity contribution is 7.89. The minimum atomic E-state index is -4.10. The number of nitro groups is 1. The van der Waals surface area contributed by atoms with Crippen molar-refractivity contribution in [1.82, 2.24) is 4.31 Å². The summed E-state index contributed by atoms with van der Waals surface area (Å²) in [6, 6.07) is 3.19. The van der Waals surface area contributed by atoms with Crippen LogP contribution in [-0.4, -0.2) is 56.4 Å². The van der Waals surface area contributed by atoms with Gasteiger partial charge >= 0.3 is 11.9 Å². The SMILES string of the molecule is COC(=O)C[C@H]1CCN(S(=O)(=O)c2ccc([N+](=O)[O-])cc2)[C@@H]1C(=O)OC. The Morgan fingerprint density at radius 1 is 1.23 bits per heavy atom. The third-order valence-corrected chi connectivity index (χ3v) is 6.13. The van der Waals surface area contributed by atoms with Gasteiger partial charge in [-0.05, 0) is 24.5 Å². The van der Waals surface area contributed by atoms with Gasteiger partial charge in [0.05, 0.1) is 30.5 Å². The number of rotatable bonds is 6. The van der Waals surface area contributed by atoms with E-state index in [1.54, 1.807) is 0 Å². The van der Waals surface area contributed by atoms with E-state index in [1.165, 1.54) is 7.11 Å². The van der Waals surface area contributed by atoms with Gasteiger partial charge in [0.15, 0.2) is 0 Å². The van der Waals surface area contributed by atoms with E-state index in [0.29, 0.717) is 0 Å². The van der Waals surface area contributed by atoms with Crippen LogP contribution in [0.2, 0.25) is 0 Å². The number of sulfonamides is 1. The monoisotopic (exact) mass is 386 g/mol. The molecule has 142 valence electrons. The van der Waals surface area contributed by atoms with Crippen LogP contribution in [0.1, 0.15) is 12.8 Å². The number of carbonyl (C=O) groups excluding carboxylic acids is 2. The second-order valence-corrected chi connectivity index (χ2v) is 7.55. The van der Waals surface area contributed by atoms with Gasteiger partial charge in [-0.2, -0.15) is 4.31 Å². The van der Waals surface area contributed by atoms with Gasteiger partial charge in [-0.1, -0.05) is 0 Å². The normalized spacial score (nSPS) is 20.5. The summed E-state index contributed by atoms with van der Waals surface area (Å²) in [5.41, 5.74) is -0.251. The van der Waals surface area contributed by atoms with Crippen LogP contribution in [0.4, 0.5) is 5.69 Å². The Morgan fingerprint density at radius 3 is 2.35 bits per heavy atom. The average Bonchev–Trinajstić information content (AvgIpc) is 3.05. The van der Waals surface area contributed by atoms with Crippen molar-refractivity contribution in [2.45, 2.75) is 23.8 Å². The van der Waals surface area contributed by atoms with Crippen molar-refractivity contribution >= 4 is 27.6 Å². The van der Waals surface area contributed by atoms with Crippen molar-refractivity contribution in [1.29, 1.82) is 0 Å². The van der Waals surface area contributed by atoms with E-state index in [9.17, 15) is 28.1 Å². The molecule has 0 amide bonds. The summed E-state index contributed by atoms with van der Waals surface area (Å²) >= 11 is 0. The maximum absolute atomic E-state index is 12.9. The van der Waals surface area contributed by atoms with Crippen LogP contribution in [0.25, 0.3) is 0 Å². The van der Waals surface area contributed by atoms with Crippen molar-refractivity contribution < 1.29 is 32.4 Å². The van der Waals surface area contributed by atoms with Gasteiger partial charge in [0, 0.05) is 18.7 Å². The van der Waals surface area contributed by atoms with Gasteiger partial charge < -0.3 is 9.47 Å². The summed E-state index contributed by atoms with van der Waals surface area (Å²) in [5.74, 6) is -1.91. The van der Waals surface area contributed by atoms with Gasteiger partial charge in [0.25, 0.3) is 5.69 Å². The predicted octanol–water partition coefficient (Wildman–Crippen LogP) is 0.710. The highest BCUT2D eigenvalue weighted by Gasteiger charge is 2.47. The zero-order chi connectivity index (χ0) is 19.5. The average molecular weight is 386 g/mol. The maximum Gasteiger partial charge on any atom is 0.324 e. The zero-order valence-corrected chi connectivity index (χ0v) is 15.0. The molecule has 0 N–H and O–H groups in total. The predicted molar refractivity (Wildman–Crippen MR) is 87.5 cm³/mol. The third kappa shape index (κ3) is 3.83. The van der Waals surface area contributed by atoms with Crippen LogP contribution < -0.4 is 0 Å². The Morgan fingerprint density at radius 2 is 1.85 bits per heavy atom. The van der Waals surface area contributed by atoms with Crippen LogP contribution in [-0.2, 0) is 29.1 Å². The van der Waals surface area contributed by atoms with Crippen LogP contribution in [0.5, 0.6) is 0 Å². The fourth-order valence-corrected chi connectivity index (χ4v) is 4.57. The molecule has 2 rings (SSSR count). The summed E-state index contributed by atoms with van der Waals surface area (Å²) in [6.45, 7) is 0.0146.